The normalized spacial score (nSPS) is 20.2. The van der Waals surface area contributed by atoms with Gasteiger partial charge in [0.1, 0.15) is 12.6 Å². The molecule has 3 rings (SSSR count). The van der Waals surface area contributed by atoms with E-state index < -0.39 is 12.1 Å². The molecule has 3 amide bonds. The van der Waals surface area contributed by atoms with Crippen LogP contribution in [0.2, 0.25) is 0 Å². The van der Waals surface area contributed by atoms with E-state index in [2.05, 4.69) is 5.32 Å². The summed E-state index contributed by atoms with van der Waals surface area (Å²) in [6, 6.07) is 7.36. The van der Waals surface area contributed by atoms with Gasteiger partial charge in [-0.15, -0.1) is 0 Å². The van der Waals surface area contributed by atoms with E-state index in [9.17, 15) is 14.4 Å². The van der Waals surface area contributed by atoms with Crippen molar-refractivity contribution in [2.45, 2.75) is 51.2 Å². The van der Waals surface area contributed by atoms with Crippen molar-refractivity contribution in [1.29, 1.82) is 0 Å². The van der Waals surface area contributed by atoms with Crippen molar-refractivity contribution in [3.05, 3.63) is 29.8 Å². The summed E-state index contributed by atoms with van der Waals surface area (Å²) in [5.74, 6) is -0.698. The maximum atomic E-state index is 13.0. The molecule has 0 bridgehead atoms. The van der Waals surface area contributed by atoms with Crippen molar-refractivity contribution < 1.29 is 23.9 Å². The lowest BCUT2D eigenvalue weighted by Crippen LogP contribution is -2.46. The van der Waals surface area contributed by atoms with Gasteiger partial charge in [0.2, 0.25) is 5.91 Å². The molecule has 1 saturated carbocycles. The summed E-state index contributed by atoms with van der Waals surface area (Å²) in [5.41, 5.74) is 1.37. The SMILES string of the molecule is CCOC(=O)CN1C(=O)CCN(C(=O)NC2CCCC2)CC(OC)c2ccccc21. The average Bonchev–Trinajstić information content (AvgIpc) is 3.26. The van der Waals surface area contributed by atoms with E-state index in [-0.39, 0.29) is 44.1 Å². The second-order valence-electron chi connectivity index (χ2n) is 7.69. The molecule has 0 aromatic heterocycles. The zero-order valence-electron chi connectivity index (χ0n) is 17.8. The third-order valence-corrected chi connectivity index (χ3v) is 5.70. The predicted octanol–water partition coefficient (Wildman–Crippen LogP) is 2.63. The molecule has 1 heterocycles. The molecule has 30 heavy (non-hydrogen) atoms. The van der Waals surface area contributed by atoms with Crippen molar-refractivity contribution in [3.63, 3.8) is 0 Å². The van der Waals surface area contributed by atoms with Gasteiger partial charge in [-0.2, -0.15) is 0 Å². The Hall–Kier alpha value is -2.61. The first-order valence-electron chi connectivity index (χ1n) is 10.7. The zero-order chi connectivity index (χ0) is 21.5. The number of methoxy groups -OCH3 is 1. The second kappa shape index (κ2) is 10.4. The summed E-state index contributed by atoms with van der Waals surface area (Å²) < 4.78 is 10.8. The first-order valence-corrected chi connectivity index (χ1v) is 10.7. The molecular weight excluding hydrogens is 386 g/mol. The van der Waals surface area contributed by atoms with Crippen molar-refractivity contribution in [2.75, 3.05) is 38.3 Å². The van der Waals surface area contributed by atoms with Crippen molar-refractivity contribution in [3.8, 4) is 0 Å². The molecule has 0 spiro atoms. The Balaban J connectivity index is 1.87. The number of urea groups is 1. The summed E-state index contributed by atoms with van der Waals surface area (Å²) >= 11 is 0. The smallest absolute Gasteiger partial charge is 0.326 e. The molecule has 1 aliphatic carbocycles. The first-order chi connectivity index (χ1) is 14.5. The standard InChI is InChI=1S/C22H31N3O5/c1-3-30-21(27)15-25-18-11-7-6-10-17(18)19(29-2)14-24(13-12-20(25)26)22(28)23-16-8-4-5-9-16/h6-7,10-11,16,19H,3-5,8-9,12-15H2,1-2H3,(H,23,28). The summed E-state index contributed by atoms with van der Waals surface area (Å²) in [5, 5.41) is 3.09. The minimum atomic E-state index is -0.468. The summed E-state index contributed by atoms with van der Waals surface area (Å²) in [4.78, 5) is 41.2. The van der Waals surface area contributed by atoms with Gasteiger partial charge in [-0.05, 0) is 25.8 Å². The van der Waals surface area contributed by atoms with Gasteiger partial charge in [-0.1, -0.05) is 31.0 Å². The molecule has 1 fully saturated rings. The van der Waals surface area contributed by atoms with Crippen LogP contribution in [-0.2, 0) is 19.1 Å². The number of ether oxygens (including phenoxy) is 2. The summed E-state index contributed by atoms with van der Waals surface area (Å²) in [7, 11) is 1.59. The van der Waals surface area contributed by atoms with Gasteiger partial charge in [-0.25, -0.2) is 4.79 Å². The van der Waals surface area contributed by atoms with Crippen LogP contribution in [0.5, 0.6) is 0 Å². The molecule has 1 atom stereocenters. The topological polar surface area (TPSA) is 88.2 Å². The van der Waals surface area contributed by atoms with Crippen LogP contribution < -0.4 is 10.2 Å². The van der Waals surface area contributed by atoms with E-state index >= 15 is 0 Å². The van der Waals surface area contributed by atoms with E-state index in [1.54, 1.807) is 25.0 Å². The lowest BCUT2D eigenvalue weighted by molar-refractivity contribution is -0.142. The Labute approximate surface area is 177 Å². The monoisotopic (exact) mass is 417 g/mol. The molecule has 1 aromatic rings. The van der Waals surface area contributed by atoms with Crippen molar-refractivity contribution in [2.24, 2.45) is 0 Å². The highest BCUT2D eigenvalue weighted by molar-refractivity contribution is 5.98. The number of para-hydroxylation sites is 1. The third kappa shape index (κ3) is 5.30. The fourth-order valence-corrected chi connectivity index (χ4v) is 4.13. The van der Waals surface area contributed by atoms with E-state index in [4.69, 9.17) is 9.47 Å². The number of nitrogens with zero attached hydrogens (tertiary/aromatic N) is 2. The molecule has 1 unspecified atom stereocenters. The van der Waals surface area contributed by atoms with Gasteiger partial charge in [0.15, 0.2) is 0 Å². The number of amides is 3. The molecule has 1 aromatic carbocycles. The maximum absolute atomic E-state index is 13.0. The first kappa shape index (κ1) is 22.1. The van der Waals surface area contributed by atoms with Crippen LogP contribution in [-0.4, -0.2) is 62.2 Å². The number of rotatable bonds is 5. The Kier molecular flexibility index (Phi) is 7.68. The Morgan fingerprint density at radius 2 is 1.93 bits per heavy atom. The highest BCUT2D eigenvalue weighted by Gasteiger charge is 2.31. The number of carbonyl (C=O) groups excluding carboxylic acids is 3. The lowest BCUT2D eigenvalue weighted by Gasteiger charge is -2.28. The fraction of sp³-hybridized carbons (Fsp3) is 0.591. The van der Waals surface area contributed by atoms with E-state index in [1.807, 2.05) is 18.2 Å². The molecule has 164 valence electrons. The average molecular weight is 418 g/mol. The summed E-state index contributed by atoms with van der Waals surface area (Å²) in [6.07, 6.45) is 3.92. The van der Waals surface area contributed by atoms with Crippen molar-refractivity contribution >= 4 is 23.6 Å². The summed E-state index contributed by atoms with van der Waals surface area (Å²) in [6.45, 7) is 2.39. The maximum Gasteiger partial charge on any atom is 0.326 e. The molecule has 2 aliphatic rings. The van der Waals surface area contributed by atoms with Crippen molar-refractivity contribution in [1.82, 2.24) is 10.2 Å². The zero-order valence-corrected chi connectivity index (χ0v) is 17.8. The van der Waals surface area contributed by atoms with Gasteiger partial charge >= 0.3 is 12.0 Å². The van der Waals surface area contributed by atoms with Gasteiger partial charge < -0.3 is 24.6 Å². The van der Waals surface area contributed by atoms with Crippen LogP contribution in [0.15, 0.2) is 24.3 Å². The molecule has 0 saturated heterocycles. The van der Waals surface area contributed by atoms with Crippen LogP contribution >= 0.6 is 0 Å². The number of carbonyl (C=O) groups is 3. The van der Waals surface area contributed by atoms with Gasteiger partial charge in [0.05, 0.1) is 18.8 Å². The molecule has 1 aliphatic heterocycles. The lowest BCUT2D eigenvalue weighted by atomic mass is 10.1. The molecular formula is C22H31N3O5. The second-order valence-corrected chi connectivity index (χ2v) is 7.69. The van der Waals surface area contributed by atoms with Crippen LogP contribution in [0.3, 0.4) is 0 Å². The number of benzene rings is 1. The number of fused-ring (bicyclic) bond motifs is 1. The van der Waals surface area contributed by atoms with E-state index in [0.717, 1.165) is 31.2 Å². The largest absolute Gasteiger partial charge is 0.465 e. The predicted molar refractivity (Wildman–Crippen MR) is 112 cm³/mol. The van der Waals surface area contributed by atoms with Gasteiger partial charge in [-0.3, -0.25) is 9.59 Å². The number of hydrogen-bond acceptors (Lipinski definition) is 5. The number of esters is 1. The van der Waals surface area contributed by atoms with Gasteiger partial charge in [0, 0.05) is 31.7 Å². The van der Waals surface area contributed by atoms with E-state index in [0.29, 0.717) is 12.2 Å². The highest BCUT2D eigenvalue weighted by Crippen LogP contribution is 2.31. The Bertz CT molecular complexity index is 763. The van der Waals surface area contributed by atoms with Crippen LogP contribution in [0.25, 0.3) is 0 Å². The van der Waals surface area contributed by atoms with Gasteiger partial charge in [0.25, 0.3) is 0 Å². The number of nitrogens with one attached hydrogen (secondary N) is 1. The number of hydrogen-bond donors (Lipinski definition) is 1. The minimum Gasteiger partial charge on any atom is -0.465 e. The van der Waals surface area contributed by atoms with Crippen LogP contribution in [0.4, 0.5) is 10.5 Å². The number of anilines is 1. The fourth-order valence-electron chi connectivity index (χ4n) is 4.13. The van der Waals surface area contributed by atoms with Crippen LogP contribution in [0, 0.1) is 0 Å². The minimum absolute atomic E-state index is 0.113. The Morgan fingerprint density at radius 3 is 2.63 bits per heavy atom. The van der Waals surface area contributed by atoms with E-state index in [1.165, 1.54) is 4.90 Å². The Morgan fingerprint density at radius 1 is 1.20 bits per heavy atom. The third-order valence-electron chi connectivity index (χ3n) is 5.70. The molecule has 8 nitrogen and oxygen atoms in total. The molecule has 8 heteroatoms. The molecule has 1 N–H and O–H groups in total. The molecule has 0 radical (unpaired) electrons. The quantitative estimate of drug-likeness (QED) is 0.744. The highest BCUT2D eigenvalue weighted by atomic mass is 16.5. The van der Waals surface area contributed by atoms with Crippen LogP contribution in [0.1, 0.15) is 50.7 Å².